The highest BCUT2D eigenvalue weighted by atomic mass is 32.2. The summed E-state index contributed by atoms with van der Waals surface area (Å²) in [5.41, 5.74) is 2.71. The normalized spacial score (nSPS) is 11.0. The van der Waals surface area contributed by atoms with Gasteiger partial charge in [0.2, 0.25) is 0 Å². The zero-order chi connectivity index (χ0) is 22.7. The molecule has 0 atom stereocenters. The van der Waals surface area contributed by atoms with Gasteiger partial charge in [-0.2, -0.15) is 0 Å². The van der Waals surface area contributed by atoms with Gasteiger partial charge in [-0.3, -0.25) is 13.9 Å². The zero-order valence-electron chi connectivity index (χ0n) is 18.3. The Kier molecular flexibility index (Phi) is 6.37. The Balaban J connectivity index is 1.85. The molecule has 4 aromatic rings. The number of hydrogen-bond donors (Lipinski definition) is 1. The fourth-order valence-corrected chi connectivity index (χ4v) is 4.71. The molecule has 6 nitrogen and oxygen atoms in total. The molecule has 0 aliphatic rings. The lowest BCUT2D eigenvalue weighted by Gasteiger charge is -2.14. The number of carbonyl (C=O) groups excluding carboxylic acids is 1. The van der Waals surface area contributed by atoms with E-state index in [0.717, 1.165) is 20.8 Å². The van der Waals surface area contributed by atoms with Crippen molar-refractivity contribution in [3.63, 3.8) is 0 Å². The maximum Gasteiger partial charge on any atom is 0.329 e. The number of aromatic nitrogens is 2. The van der Waals surface area contributed by atoms with E-state index in [0.29, 0.717) is 30.1 Å². The molecule has 4 rings (SSSR count). The number of nitrogens with one attached hydrogen (secondary N) is 1. The quantitative estimate of drug-likeness (QED) is 0.420. The fraction of sp³-hybridized carbons (Fsp3) is 0.200. The highest BCUT2D eigenvalue weighted by molar-refractivity contribution is 7.99. The van der Waals surface area contributed by atoms with Crippen LogP contribution in [0.3, 0.4) is 0 Å². The van der Waals surface area contributed by atoms with Gasteiger partial charge in [-0.05, 0) is 50.2 Å². The second-order valence-electron chi connectivity index (χ2n) is 7.18. The minimum atomic E-state index is -0.267. The predicted octanol–water partition coefficient (Wildman–Crippen LogP) is 5.25. The number of hydrogen-bond acceptors (Lipinski definition) is 4. The van der Waals surface area contributed by atoms with Gasteiger partial charge < -0.3 is 10.1 Å². The number of nitrogens with zero attached hydrogens (tertiary/aromatic N) is 2. The molecule has 0 saturated heterocycles. The SMILES string of the molecule is CCn1c(=O)n(CC)c2cc(Sc3ccccc3)c(NC(=O)c3ccccc3OC)cc21. The number of imidazole rings is 1. The first-order valence-corrected chi connectivity index (χ1v) is 11.3. The van der Waals surface area contributed by atoms with E-state index in [9.17, 15) is 9.59 Å². The van der Waals surface area contributed by atoms with Crippen LogP contribution in [-0.2, 0) is 13.1 Å². The second kappa shape index (κ2) is 9.36. The summed E-state index contributed by atoms with van der Waals surface area (Å²) in [6, 6.07) is 20.9. The number of amides is 1. The number of fused-ring (bicyclic) bond motifs is 1. The molecule has 0 radical (unpaired) electrons. The maximum absolute atomic E-state index is 13.1. The van der Waals surface area contributed by atoms with E-state index in [4.69, 9.17) is 4.74 Å². The van der Waals surface area contributed by atoms with E-state index >= 15 is 0 Å². The third-order valence-electron chi connectivity index (χ3n) is 5.32. The van der Waals surface area contributed by atoms with E-state index in [2.05, 4.69) is 5.32 Å². The van der Waals surface area contributed by atoms with Crippen LogP contribution in [0.5, 0.6) is 5.75 Å². The highest BCUT2D eigenvalue weighted by Gasteiger charge is 2.19. The van der Waals surface area contributed by atoms with Crippen LogP contribution in [0.2, 0.25) is 0 Å². The van der Waals surface area contributed by atoms with Gasteiger partial charge in [0.1, 0.15) is 5.75 Å². The van der Waals surface area contributed by atoms with Crippen molar-refractivity contribution in [1.29, 1.82) is 0 Å². The smallest absolute Gasteiger partial charge is 0.329 e. The molecule has 0 spiro atoms. The standard InChI is InChI=1S/C25H25N3O3S/c1-4-27-20-15-19(26-24(29)18-13-9-10-14-22(18)31-3)23(32-17-11-7-6-8-12-17)16-21(20)28(5-2)25(27)30/h6-16H,4-5H2,1-3H3,(H,26,29). The molecule has 1 heterocycles. The van der Waals surface area contributed by atoms with Gasteiger partial charge in [-0.15, -0.1) is 0 Å². The summed E-state index contributed by atoms with van der Waals surface area (Å²) in [5.74, 6) is 0.239. The molecular formula is C25H25N3O3S. The highest BCUT2D eigenvalue weighted by Crippen LogP contribution is 2.37. The van der Waals surface area contributed by atoms with Crippen LogP contribution in [0.4, 0.5) is 5.69 Å². The molecule has 1 aromatic heterocycles. The van der Waals surface area contributed by atoms with Crippen molar-refractivity contribution in [1.82, 2.24) is 9.13 Å². The summed E-state index contributed by atoms with van der Waals surface area (Å²) in [5, 5.41) is 3.05. The maximum atomic E-state index is 13.1. The first-order chi connectivity index (χ1) is 15.6. The first kappa shape index (κ1) is 21.8. The minimum Gasteiger partial charge on any atom is -0.496 e. The van der Waals surface area contributed by atoms with E-state index in [-0.39, 0.29) is 11.6 Å². The van der Waals surface area contributed by atoms with Crippen LogP contribution in [0.15, 0.2) is 81.3 Å². The predicted molar refractivity (Wildman–Crippen MR) is 129 cm³/mol. The summed E-state index contributed by atoms with van der Waals surface area (Å²) >= 11 is 1.55. The monoisotopic (exact) mass is 447 g/mol. The molecule has 0 aliphatic heterocycles. The third kappa shape index (κ3) is 4.03. The van der Waals surface area contributed by atoms with Gasteiger partial charge in [0.05, 0.1) is 29.4 Å². The average molecular weight is 448 g/mol. The Bertz CT molecular complexity index is 1330. The summed E-state index contributed by atoms with van der Waals surface area (Å²) in [6.45, 7) is 5.03. The van der Waals surface area contributed by atoms with Gasteiger partial charge in [-0.1, -0.05) is 42.1 Å². The number of benzene rings is 3. The summed E-state index contributed by atoms with van der Waals surface area (Å²) in [6.07, 6.45) is 0. The van der Waals surface area contributed by atoms with Crippen molar-refractivity contribution >= 4 is 34.4 Å². The molecule has 0 fully saturated rings. The first-order valence-electron chi connectivity index (χ1n) is 10.5. The molecular weight excluding hydrogens is 422 g/mol. The zero-order valence-corrected chi connectivity index (χ0v) is 19.1. The van der Waals surface area contributed by atoms with E-state index in [1.807, 2.05) is 62.4 Å². The number of rotatable bonds is 7. The van der Waals surface area contributed by atoms with Crippen molar-refractivity contribution in [2.24, 2.45) is 0 Å². The third-order valence-corrected chi connectivity index (χ3v) is 6.39. The molecule has 0 unspecified atom stereocenters. The molecule has 3 aromatic carbocycles. The van der Waals surface area contributed by atoms with Crippen LogP contribution < -0.4 is 15.7 Å². The number of aryl methyl sites for hydroxylation is 2. The van der Waals surface area contributed by atoms with Crippen molar-refractivity contribution < 1.29 is 9.53 Å². The van der Waals surface area contributed by atoms with Crippen LogP contribution in [0.25, 0.3) is 11.0 Å². The van der Waals surface area contributed by atoms with Crippen molar-refractivity contribution in [3.05, 3.63) is 82.8 Å². The van der Waals surface area contributed by atoms with E-state index in [1.165, 1.54) is 0 Å². The Morgan fingerprint density at radius 1 is 0.938 bits per heavy atom. The Labute approximate surface area is 190 Å². The number of ether oxygens (including phenoxy) is 1. The molecule has 32 heavy (non-hydrogen) atoms. The van der Waals surface area contributed by atoms with Gasteiger partial charge in [0, 0.05) is 22.9 Å². The number of methoxy groups -OCH3 is 1. The lowest BCUT2D eigenvalue weighted by atomic mass is 10.1. The average Bonchev–Trinajstić information content (AvgIpc) is 3.08. The molecule has 0 aliphatic carbocycles. The lowest BCUT2D eigenvalue weighted by molar-refractivity contribution is 0.102. The summed E-state index contributed by atoms with van der Waals surface area (Å²) in [7, 11) is 1.54. The molecule has 164 valence electrons. The van der Waals surface area contributed by atoms with Gasteiger partial charge in [-0.25, -0.2) is 4.79 Å². The fourth-order valence-electron chi connectivity index (χ4n) is 3.77. The molecule has 1 N–H and O–H groups in total. The van der Waals surface area contributed by atoms with Crippen molar-refractivity contribution in [3.8, 4) is 5.75 Å². The molecule has 1 amide bonds. The van der Waals surface area contributed by atoms with Gasteiger partial charge in [0.15, 0.2) is 0 Å². The largest absolute Gasteiger partial charge is 0.496 e. The second-order valence-corrected chi connectivity index (χ2v) is 8.29. The van der Waals surface area contributed by atoms with Gasteiger partial charge >= 0.3 is 5.69 Å². The van der Waals surface area contributed by atoms with E-state index in [1.54, 1.807) is 46.2 Å². The van der Waals surface area contributed by atoms with Crippen molar-refractivity contribution in [2.75, 3.05) is 12.4 Å². The summed E-state index contributed by atoms with van der Waals surface area (Å²) < 4.78 is 8.85. The van der Waals surface area contributed by atoms with Crippen LogP contribution >= 0.6 is 11.8 Å². The van der Waals surface area contributed by atoms with E-state index < -0.39 is 0 Å². The Morgan fingerprint density at radius 2 is 1.56 bits per heavy atom. The topological polar surface area (TPSA) is 65.3 Å². The summed E-state index contributed by atoms with van der Waals surface area (Å²) in [4.78, 5) is 27.9. The lowest BCUT2D eigenvalue weighted by Crippen LogP contribution is -2.23. The molecule has 0 saturated carbocycles. The van der Waals surface area contributed by atoms with Crippen LogP contribution in [0.1, 0.15) is 24.2 Å². The number of carbonyl (C=O) groups is 1. The van der Waals surface area contributed by atoms with Crippen molar-refractivity contribution in [2.45, 2.75) is 36.7 Å². The van der Waals surface area contributed by atoms with Gasteiger partial charge in [0.25, 0.3) is 5.91 Å². The molecule has 7 heteroatoms. The minimum absolute atomic E-state index is 0.0473. The number of anilines is 1. The Morgan fingerprint density at radius 3 is 2.22 bits per heavy atom. The Hall–Kier alpha value is -3.45. The molecule has 0 bridgehead atoms. The number of para-hydroxylation sites is 1. The van der Waals surface area contributed by atoms with Crippen LogP contribution in [-0.4, -0.2) is 22.2 Å². The van der Waals surface area contributed by atoms with Crippen LogP contribution in [0, 0.1) is 0 Å².